The molecule has 0 atom stereocenters. The molecule has 0 N–H and O–H groups in total. The van der Waals surface area contributed by atoms with Gasteiger partial charge in [0.25, 0.3) is 5.91 Å². The Hall–Kier alpha value is -2.53. The van der Waals surface area contributed by atoms with Crippen LogP contribution in [-0.4, -0.2) is 50.8 Å². The highest BCUT2D eigenvalue weighted by Crippen LogP contribution is 2.23. The number of ether oxygens (including phenoxy) is 2. The third-order valence-electron chi connectivity index (χ3n) is 5.38. The van der Waals surface area contributed by atoms with Crippen molar-refractivity contribution in [3.8, 4) is 5.75 Å². The van der Waals surface area contributed by atoms with Crippen LogP contribution >= 0.6 is 0 Å². The van der Waals surface area contributed by atoms with Gasteiger partial charge >= 0.3 is 0 Å². The maximum Gasteiger partial charge on any atom is 0.260 e. The lowest BCUT2D eigenvalue weighted by atomic mass is 9.98. The minimum Gasteiger partial charge on any atom is -0.484 e. The van der Waals surface area contributed by atoms with Crippen molar-refractivity contribution < 1.29 is 14.3 Å². The highest BCUT2D eigenvalue weighted by molar-refractivity contribution is 5.77. The molecule has 1 fully saturated rings. The summed E-state index contributed by atoms with van der Waals surface area (Å²) in [6.45, 7) is 10.4. The first-order chi connectivity index (χ1) is 13.9. The Balaban J connectivity index is 1.50. The Morgan fingerprint density at radius 2 is 1.83 bits per heavy atom. The molecule has 1 amide bonds. The monoisotopic (exact) mass is 396 g/mol. The molecule has 0 unspecified atom stereocenters. The number of carbonyl (C=O) groups is 1. The number of rotatable bonds is 7. The number of nitrogens with zero attached hydrogens (tertiary/aromatic N) is 2. The molecule has 0 spiro atoms. The van der Waals surface area contributed by atoms with Crippen LogP contribution in [-0.2, 0) is 16.1 Å². The molecule has 0 saturated carbocycles. The zero-order valence-electron chi connectivity index (χ0n) is 18.0. The van der Waals surface area contributed by atoms with Crippen LogP contribution in [0.3, 0.4) is 0 Å². The van der Waals surface area contributed by atoms with Gasteiger partial charge in [-0.2, -0.15) is 0 Å². The summed E-state index contributed by atoms with van der Waals surface area (Å²) in [5.41, 5.74) is 4.81. The van der Waals surface area contributed by atoms with Crippen molar-refractivity contribution in [2.24, 2.45) is 0 Å². The molecule has 1 aliphatic heterocycles. The summed E-state index contributed by atoms with van der Waals surface area (Å²) in [4.78, 5) is 16.5. The van der Waals surface area contributed by atoms with E-state index in [1.54, 1.807) is 4.90 Å². The van der Waals surface area contributed by atoms with E-state index in [0.717, 1.165) is 37.6 Å². The van der Waals surface area contributed by atoms with Gasteiger partial charge in [0.15, 0.2) is 6.61 Å². The molecule has 0 radical (unpaired) electrons. The van der Waals surface area contributed by atoms with Crippen LogP contribution in [0.4, 0.5) is 5.69 Å². The molecule has 29 heavy (non-hydrogen) atoms. The summed E-state index contributed by atoms with van der Waals surface area (Å²) in [5, 5.41) is 0. The maximum atomic E-state index is 12.5. The normalized spacial score (nSPS) is 14.2. The molecule has 0 bridgehead atoms. The molecule has 1 aliphatic rings. The van der Waals surface area contributed by atoms with Crippen molar-refractivity contribution in [2.75, 3.05) is 44.9 Å². The molecule has 3 rings (SSSR count). The molecule has 0 aliphatic carbocycles. The number of hydrogen-bond acceptors (Lipinski definition) is 4. The van der Waals surface area contributed by atoms with Crippen LogP contribution in [0.25, 0.3) is 0 Å². The van der Waals surface area contributed by atoms with E-state index in [1.165, 1.54) is 16.8 Å². The van der Waals surface area contributed by atoms with Gasteiger partial charge in [0.2, 0.25) is 0 Å². The smallest absolute Gasteiger partial charge is 0.260 e. The Morgan fingerprint density at radius 1 is 1.14 bits per heavy atom. The SMILES string of the molecule is Cc1cc(OCC(=O)N(C)Cc2ccc(N3CCOCC3)cc2)ccc1C(C)C. The van der Waals surface area contributed by atoms with Gasteiger partial charge in [-0.15, -0.1) is 0 Å². The van der Waals surface area contributed by atoms with Gasteiger partial charge in [0.1, 0.15) is 5.75 Å². The first-order valence-corrected chi connectivity index (χ1v) is 10.3. The molecule has 5 heteroatoms. The van der Waals surface area contributed by atoms with E-state index in [0.29, 0.717) is 12.5 Å². The molecule has 0 aromatic heterocycles. The van der Waals surface area contributed by atoms with E-state index in [9.17, 15) is 4.79 Å². The second-order valence-corrected chi connectivity index (χ2v) is 7.98. The van der Waals surface area contributed by atoms with Crippen molar-refractivity contribution in [3.05, 3.63) is 59.2 Å². The molecule has 156 valence electrons. The lowest BCUT2D eigenvalue weighted by Gasteiger charge is -2.29. The van der Waals surface area contributed by atoms with E-state index in [4.69, 9.17) is 9.47 Å². The van der Waals surface area contributed by atoms with Crippen LogP contribution in [0.5, 0.6) is 5.75 Å². The fourth-order valence-electron chi connectivity index (χ4n) is 3.64. The summed E-state index contributed by atoms with van der Waals surface area (Å²) in [7, 11) is 1.81. The highest BCUT2D eigenvalue weighted by Gasteiger charge is 2.13. The predicted molar refractivity (Wildman–Crippen MR) is 117 cm³/mol. The van der Waals surface area contributed by atoms with Gasteiger partial charge in [-0.25, -0.2) is 0 Å². The minimum atomic E-state index is -0.0344. The lowest BCUT2D eigenvalue weighted by Crippen LogP contribution is -2.36. The average Bonchev–Trinajstić information content (AvgIpc) is 2.73. The number of hydrogen-bond donors (Lipinski definition) is 0. The Morgan fingerprint density at radius 3 is 2.45 bits per heavy atom. The van der Waals surface area contributed by atoms with Gasteiger partial charge < -0.3 is 19.3 Å². The molecular weight excluding hydrogens is 364 g/mol. The second-order valence-electron chi connectivity index (χ2n) is 7.98. The van der Waals surface area contributed by atoms with Crippen LogP contribution in [0.1, 0.15) is 36.5 Å². The summed E-state index contributed by atoms with van der Waals surface area (Å²) in [5.74, 6) is 1.18. The Labute approximate surface area is 174 Å². The van der Waals surface area contributed by atoms with Crippen molar-refractivity contribution in [2.45, 2.75) is 33.2 Å². The van der Waals surface area contributed by atoms with E-state index in [2.05, 4.69) is 56.0 Å². The number of aryl methyl sites for hydroxylation is 1. The molecule has 2 aromatic rings. The van der Waals surface area contributed by atoms with Crippen molar-refractivity contribution >= 4 is 11.6 Å². The molecule has 1 heterocycles. The number of morpholine rings is 1. The number of likely N-dealkylation sites (N-methyl/N-ethyl adjacent to an activating group) is 1. The van der Waals surface area contributed by atoms with E-state index < -0.39 is 0 Å². The first-order valence-electron chi connectivity index (χ1n) is 10.3. The average molecular weight is 397 g/mol. The quantitative estimate of drug-likeness (QED) is 0.710. The zero-order valence-corrected chi connectivity index (χ0v) is 18.0. The first kappa shape index (κ1) is 21.2. The van der Waals surface area contributed by atoms with Gasteiger partial charge in [0, 0.05) is 32.4 Å². The fourth-order valence-corrected chi connectivity index (χ4v) is 3.64. The van der Waals surface area contributed by atoms with Crippen LogP contribution in [0.15, 0.2) is 42.5 Å². The number of carbonyl (C=O) groups excluding carboxylic acids is 1. The zero-order chi connectivity index (χ0) is 20.8. The maximum absolute atomic E-state index is 12.5. The number of amides is 1. The van der Waals surface area contributed by atoms with Crippen LogP contribution < -0.4 is 9.64 Å². The summed E-state index contributed by atoms with van der Waals surface area (Å²) in [6, 6.07) is 14.4. The standard InChI is InChI=1S/C24H32N2O3/c1-18(2)23-10-9-22(15-19(23)3)29-17-24(27)25(4)16-20-5-7-21(8-6-20)26-11-13-28-14-12-26/h5-10,15,18H,11-14,16-17H2,1-4H3. The molecule has 2 aromatic carbocycles. The number of anilines is 1. The fraction of sp³-hybridized carbons (Fsp3) is 0.458. The molecule has 5 nitrogen and oxygen atoms in total. The van der Waals surface area contributed by atoms with Gasteiger partial charge in [-0.1, -0.05) is 32.0 Å². The van der Waals surface area contributed by atoms with E-state index in [1.807, 2.05) is 19.2 Å². The van der Waals surface area contributed by atoms with Crippen molar-refractivity contribution in [3.63, 3.8) is 0 Å². The molecule has 1 saturated heterocycles. The predicted octanol–water partition coefficient (Wildman–Crippen LogP) is 3.99. The number of benzene rings is 2. The summed E-state index contributed by atoms with van der Waals surface area (Å²) < 4.78 is 11.1. The third kappa shape index (κ3) is 5.73. The Kier molecular flexibility index (Phi) is 7.15. The largest absolute Gasteiger partial charge is 0.484 e. The Bertz CT molecular complexity index is 811. The second kappa shape index (κ2) is 9.79. The van der Waals surface area contributed by atoms with E-state index in [-0.39, 0.29) is 12.5 Å². The van der Waals surface area contributed by atoms with Crippen molar-refractivity contribution in [1.82, 2.24) is 4.90 Å². The summed E-state index contributed by atoms with van der Waals surface area (Å²) in [6.07, 6.45) is 0. The van der Waals surface area contributed by atoms with E-state index >= 15 is 0 Å². The van der Waals surface area contributed by atoms with Gasteiger partial charge in [-0.3, -0.25) is 4.79 Å². The van der Waals surface area contributed by atoms with Gasteiger partial charge in [0.05, 0.1) is 13.2 Å². The van der Waals surface area contributed by atoms with Crippen molar-refractivity contribution in [1.29, 1.82) is 0 Å². The lowest BCUT2D eigenvalue weighted by molar-refractivity contribution is -0.132. The third-order valence-corrected chi connectivity index (χ3v) is 5.38. The molecular formula is C24H32N2O3. The topological polar surface area (TPSA) is 42.0 Å². The van der Waals surface area contributed by atoms with Gasteiger partial charge in [-0.05, 0) is 53.8 Å². The highest BCUT2D eigenvalue weighted by atomic mass is 16.5. The van der Waals surface area contributed by atoms with Crippen LogP contribution in [0.2, 0.25) is 0 Å². The minimum absolute atomic E-state index is 0.0344. The summed E-state index contributed by atoms with van der Waals surface area (Å²) >= 11 is 0. The van der Waals surface area contributed by atoms with Crippen LogP contribution in [0, 0.1) is 6.92 Å².